The van der Waals surface area contributed by atoms with E-state index in [1.807, 2.05) is 31.2 Å². The van der Waals surface area contributed by atoms with Gasteiger partial charge in [0.05, 0.1) is 17.1 Å². The first-order valence-electron chi connectivity index (χ1n) is 8.04. The van der Waals surface area contributed by atoms with Crippen LogP contribution in [0.2, 0.25) is 0 Å². The third kappa shape index (κ3) is 3.39. The normalized spacial score (nSPS) is 10.7. The first-order valence-corrected chi connectivity index (χ1v) is 8.04. The van der Waals surface area contributed by atoms with Crippen LogP contribution < -0.4 is 15.0 Å². The van der Waals surface area contributed by atoms with E-state index in [1.165, 1.54) is 6.20 Å². The molecular weight excluding hydrogens is 330 g/mol. The summed E-state index contributed by atoms with van der Waals surface area (Å²) in [6.07, 6.45) is 3.07. The predicted octanol–water partition coefficient (Wildman–Crippen LogP) is 4.21. The van der Waals surface area contributed by atoms with Crippen molar-refractivity contribution in [2.45, 2.75) is 6.92 Å². The van der Waals surface area contributed by atoms with Gasteiger partial charge in [-0.2, -0.15) is 4.98 Å². The second-order valence-corrected chi connectivity index (χ2v) is 5.76. The van der Waals surface area contributed by atoms with Crippen LogP contribution in [0.3, 0.4) is 0 Å². The number of aromatic amines is 1. The highest BCUT2D eigenvalue weighted by Gasteiger charge is 2.06. The molecule has 0 radical (unpaired) electrons. The lowest BCUT2D eigenvalue weighted by Gasteiger charge is -2.08. The van der Waals surface area contributed by atoms with E-state index in [4.69, 9.17) is 9.47 Å². The van der Waals surface area contributed by atoms with Crippen molar-refractivity contribution in [3.8, 4) is 23.3 Å². The lowest BCUT2D eigenvalue weighted by atomic mass is 10.2. The van der Waals surface area contributed by atoms with Gasteiger partial charge in [0.15, 0.2) is 0 Å². The van der Waals surface area contributed by atoms with E-state index in [2.05, 4.69) is 15.0 Å². The van der Waals surface area contributed by atoms with Crippen molar-refractivity contribution >= 4 is 10.9 Å². The molecule has 0 amide bonds. The number of pyridine rings is 1. The zero-order chi connectivity index (χ0) is 17.9. The topological polar surface area (TPSA) is 77.1 Å². The quantitative estimate of drug-likeness (QED) is 0.599. The van der Waals surface area contributed by atoms with Gasteiger partial charge < -0.3 is 9.47 Å². The van der Waals surface area contributed by atoms with Crippen LogP contribution >= 0.6 is 0 Å². The van der Waals surface area contributed by atoms with Gasteiger partial charge in [-0.1, -0.05) is 12.1 Å². The Kier molecular flexibility index (Phi) is 4.07. The monoisotopic (exact) mass is 345 g/mol. The summed E-state index contributed by atoms with van der Waals surface area (Å²) in [7, 11) is 0. The third-order valence-corrected chi connectivity index (χ3v) is 3.75. The van der Waals surface area contributed by atoms with E-state index in [9.17, 15) is 4.79 Å². The highest BCUT2D eigenvalue weighted by Crippen LogP contribution is 2.26. The van der Waals surface area contributed by atoms with E-state index in [-0.39, 0.29) is 11.6 Å². The van der Waals surface area contributed by atoms with Crippen LogP contribution in [-0.2, 0) is 0 Å². The molecule has 4 aromatic rings. The van der Waals surface area contributed by atoms with Crippen LogP contribution in [0.4, 0.5) is 0 Å². The maximum atomic E-state index is 12.1. The van der Waals surface area contributed by atoms with Crippen molar-refractivity contribution in [3.63, 3.8) is 0 Å². The fourth-order valence-corrected chi connectivity index (χ4v) is 2.52. The summed E-state index contributed by atoms with van der Waals surface area (Å²) in [5.74, 6) is 1.99. The van der Waals surface area contributed by atoms with Gasteiger partial charge in [0.2, 0.25) is 0 Å². The third-order valence-electron chi connectivity index (χ3n) is 3.75. The highest BCUT2D eigenvalue weighted by atomic mass is 16.5. The Bertz CT molecular complexity index is 1120. The molecule has 1 N–H and O–H groups in total. The molecule has 2 heterocycles. The van der Waals surface area contributed by atoms with Gasteiger partial charge in [-0.3, -0.25) is 14.8 Å². The molecule has 0 saturated carbocycles. The van der Waals surface area contributed by atoms with Gasteiger partial charge in [0.25, 0.3) is 5.56 Å². The molecule has 2 aromatic carbocycles. The summed E-state index contributed by atoms with van der Waals surface area (Å²) < 4.78 is 11.4. The van der Waals surface area contributed by atoms with Crippen LogP contribution in [-0.4, -0.2) is 15.0 Å². The second-order valence-electron chi connectivity index (χ2n) is 5.76. The number of benzene rings is 2. The summed E-state index contributed by atoms with van der Waals surface area (Å²) in [4.78, 5) is 22.9. The fourth-order valence-electron chi connectivity index (χ4n) is 2.52. The lowest BCUT2D eigenvalue weighted by Crippen LogP contribution is -2.09. The zero-order valence-corrected chi connectivity index (χ0v) is 14.0. The van der Waals surface area contributed by atoms with Crippen molar-refractivity contribution in [1.29, 1.82) is 0 Å². The number of aromatic nitrogens is 3. The Labute approximate surface area is 149 Å². The fraction of sp³-hybridized carbons (Fsp3) is 0.0500. The molecule has 0 saturated heterocycles. The molecule has 4 rings (SSSR count). The Hall–Kier alpha value is -3.67. The number of nitrogens with one attached hydrogen (secondary N) is 1. The Balaban J connectivity index is 1.53. The Morgan fingerprint density at radius 2 is 1.69 bits per heavy atom. The predicted molar refractivity (Wildman–Crippen MR) is 97.9 cm³/mol. The molecule has 128 valence electrons. The van der Waals surface area contributed by atoms with Crippen LogP contribution in [0.25, 0.3) is 10.9 Å². The minimum Gasteiger partial charge on any atom is -0.457 e. The number of hydrogen-bond acceptors (Lipinski definition) is 5. The second kappa shape index (κ2) is 6.68. The first kappa shape index (κ1) is 15.8. The summed E-state index contributed by atoms with van der Waals surface area (Å²) >= 11 is 0. The number of ether oxygens (including phenoxy) is 2. The maximum Gasteiger partial charge on any atom is 0.302 e. The van der Waals surface area contributed by atoms with E-state index in [1.54, 1.807) is 36.5 Å². The van der Waals surface area contributed by atoms with Crippen molar-refractivity contribution in [1.82, 2.24) is 15.0 Å². The summed E-state index contributed by atoms with van der Waals surface area (Å²) in [6, 6.07) is 16.6. The molecule has 0 bridgehead atoms. The van der Waals surface area contributed by atoms with Crippen LogP contribution in [0.1, 0.15) is 5.56 Å². The number of hydrogen-bond donors (Lipinski definition) is 1. The molecule has 6 nitrogen and oxygen atoms in total. The van der Waals surface area contributed by atoms with Gasteiger partial charge in [0, 0.05) is 6.20 Å². The van der Waals surface area contributed by atoms with Crippen LogP contribution in [0, 0.1) is 6.92 Å². The van der Waals surface area contributed by atoms with Crippen LogP contribution in [0.15, 0.2) is 71.8 Å². The molecule has 0 fully saturated rings. The molecule has 0 atom stereocenters. The molecule has 0 aliphatic carbocycles. The van der Waals surface area contributed by atoms with E-state index < -0.39 is 0 Å². The van der Waals surface area contributed by atoms with E-state index >= 15 is 0 Å². The van der Waals surface area contributed by atoms with Crippen molar-refractivity contribution in [3.05, 3.63) is 82.9 Å². The van der Waals surface area contributed by atoms with E-state index in [0.29, 0.717) is 22.4 Å². The molecule has 26 heavy (non-hydrogen) atoms. The standard InChI is InChI=1S/C20H15N3O3/c1-13-3-2-4-16(11-13)25-14-5-7-15(8-6-14)26-20-22-18-12-21-10-9-17(18)19(24)23-20/h2-12H,1H3,(H,22,23,24). The highest BCUT2D eigenvalue weighted by molar-refractivity contribution is 5.76. The largest absolute Gasteiger partial charge is 0.457 e. The van der Waals surface area contributed by atoms with Gasteiger partial charge in [0.1, 0.15) is 17.2 Å². The van der Waals surface area contributed by atoms with E-state index in [0.717, 1.165) is 11.3 Å². The number of H-pyrrole nitrogens is 1. The lowest BCUT2D eigenvalue weighted by molar-refractivity contribution is 0.439. The number of fused-ring (bicyclic) bond motifs is 1. The average molecular weight is 345 g/mol. The summed E-state index contributed by atoms with van der Waals surface area (Å²) in [6.45, 7) is 2.01. The van der Waals surface area contributed by atoms with Crippen molar-refractivity contribution in [2.24, 2.45) is 0 Å². The van der Waals surface area contributed by atoms with Gasteiger partial charge in [-0.15, -0.1) is 0 Å². The van der Waals surface area contributed by atoms with Crippen molar-refractivity contribution < 1.29 is 9.47 Å². The first-order chi connectivity index (χ1) is 12.7. The Morgan fingerprint density at radius 3 is 2.46 bits per heavy atom. The SMILES string of the molecule is Cc1cccc(Oc2ccc(Oc3nc4cnccc4c(=O)[nH]3)cc2)c1. The van der Waals surface area contributed by atoms with Gasteiger partial charge in [-0.25, -0.2) is 0 Å². The Morgan fingerprint density at radius 1 is 0.923 bits per heavy atom. The molecular formula is C20H15N3O3. The zero-order valence-electron chi connectivity index (χ0n) is 14.0. The number of rotatable bonds is 4. The molecule has 0 spiro atoms. The van der Waals surface area contributed by atoms with Gasteiger partial charge >= 0.3 is 6.01 Å². The smallest absolute Gasteiger partial charge is 0.302 e. The van der Waals surface area contributed by atoms with Crippen molar-refractivity contribution in [2.75, 3.05) is 0 Å². The molecule has 0 aliphatic rings. The average Bonchev–Trinajstić information content (AvgIpc) is 2.64. The maximum absolute atomic E-state index is 12.1. The molecule has 2 aromatic heterocycles. The summed E-state index contributed by atoms with van der Waals surface area (Å²) in [5.41, 5.74) is 1.33. The molecule has 0 unspecified atom stereocenters. The molecule has 0 aliphatic heterocycles. The van der Waals surface area contributed by atoms with Gasteiger partial charge in [-0.05, 0) is 55.0 Å². The minimum atomic E-state index is -0.271. The number of nitrogens with zero attached hydrogens (tertiary/aromatic N) is 2. The number of aryl methyl sites for hydroxylation is 1. The molecule has 6 heteroatoms. The summed E-state index contributed by atoms with van der Waals surface area (Å²) in [5, 5.41) is 0.467. The minimum absolute atomic E-state index is 0.114. The van der Waals surface area contributed by atoms with Crippen LogP contribution in [0.5, 0.6) is 23.3 Å².